The van der Waals surface area contributed by atoms with E-state index in [-0.39, 0.29) is 0 Å². The molecule has 0 amide bonds. The molecule has 0 aliphatic rings. The van der Waals surface area contributed by atoms with Gasteiger partial charge in [0.05, 0.1) is 15.9 Å². The van der Waals surface area contributed by atoms with Crippen LogP contribution < -0.4 is 11.3 Å². The number of nitrogens with zero attached hydrogens (tertiary/aromatic N) is 2. The van der Waals surface area contributed by atoms with Crippen LogP contribution >= 0.6 is 15.9 Å². The molecule has 0 fully saturated rings. The molecule has 0 saturated carbocycles. The van der Waals surface area contributed by atoms with Crippen LogP contribution in [0.5, 0.6) is 0 Å². The molecule has 0 aliphatic heterocycles. The number of aryl methyl sites for hydroxylation is 2. The van der Waals surface area contributed by atoms with Gasteiger partial charge in [-0.25, -0.2) is 0 Å². The smallest absolute Gasteiger partial charge is 0.0738 e. The van der Waals surface area contributed by atoms with Crippen LogP contribution in [0.2, 0.25) is 0 Å². The summed E-state index contributed by atoms with van der Waals surface area (Å²) in [6, 6.07) is 0.328. The number of hydrogen-bond acceptors (Lipinski definition) is 3. The third kappa shape index (κ3) is 4.07. The molecule has 5 heteroatoms. The van der Waals surface area contributed by atoms with Crippen LogP contribution in [0, 0.1) is 6.92 Å². The van der Waals surface area contributed by atoms with E-state index >= 15 is 0 Å². The van der Waals surface area contributed by atoms with E-state index in [0.29, 0.717) is 6.04 Å². The molecule has 1 aromatic rings. The van der Waals surface area contributed by atoms with Crippen LogP contribution in [0.3, 0.4) is 0 Å². The molecule has 1 atom stereocenters. The molecular weight excluding hydrogens is 292 g/mol. The van der Waals surface area contributed by atoms with Gasteiger partial charge in [-0.1, -0.05) is 26.2 Å². The van der Waals surface area contributed by atoms with E-state index in [4.69, 9.17) is 5.84 Å². The minimum Gasteiger partial charge on any atom is -0.271 e. The Morgan fingerprint density at radius 2 is 2.11 bits per heavy atom. The van der Waals surface area contributed by atoms with E-state index < -0.39 is 0 Å². The van der Waals surface area contributed by atoms with Gasteiger partial charge in [0.15, 0.2) is 0 Å². The van der Waals surface area contributed by atoms with E-state index in [0.717, 1.165) is 29.6 Å². The lowest BCUT2D eigenvalue weighted by Crippen LogP contribution is -2.37. The maximum Gasteiger partial charge on any atom is 0.0738 e. The number of nitrogens with one attached hydrogen (secondary N) is 1. The standard InChI is InChI=1S/C13H25BrN4/c1-4-6-7-8-11(16-15)9-12-13(14)10(3)17-18(12)5-2/h11,16H,4-9,15H2,1-3H3. The molecule has 0 aliphatic carbocycles. The molecule has 104 valence electrons. The van der Waals surface area contributed by atoms with Crippen molar-refractivity contribution in [3.63, 3.8) is 0 Å². The summed E-state index contributed by atoms with van der Waals surface area (Å²) < 4.78 is 3.18. The quantitative estimate of drug-likeness (QED) is 0.440. The van der Waals surface area contributed by atoms with Gasteiger partial charge in [0.1, 0.15) is 0 Å². The minimum absolute atomic E-state index is 0.328. The highest BCUT2D eigenvalue weighted by Crippen LogP contribution is 2.23. The van der Waals surface area contributed by atoms with Crippen molar-refractivity contribution >= 4 is 15.9 Å². The molecule has 3 N–H and O–H groups in total. The summed E-state index contributed by atoms with van der Waals surface area (Å²) in [5.41, 5.74) is 5.23. The van der Waals surface area contributed by atoms with E-state index in [1.807, 2.05) is 6.92 Å². The molecule has 1 aromatic heterocycles. The second-order valence-electron chi connectivity index (χ2n) is 4.73. The Balaban J connectivity index is 2.68. The fourth-order valence-corrected chi connectivity index (χ4v) is 2.63. The molecule has 0 radical (unpaired) electrons. The monoisotopic (exact) mass is 316 g/mol. The molecule has 1 heterocycles. The molecule has 18 heavy (non-hydrogen) atoms. The van der Waals surface area contributed by atoms with E-state index in [1.54, 1.807) is 0 Å². The molecule has 0 aromatic carbocycles. The lowest BCUT2D eigenvalue weighted by atomic mass is 10.0. The van der Waals surface area contributed by atoms with Gasteiger partial charge in [0.25, 0.3) is 0 Å². The maximum absolute atomic E-state index is 5.66. The van der Waals surface area contributed by atoms with Crippen LogP contribution in [-0.4, -0.2) is 15.8 Å². The van der Waals surface area contributed by atoms with Crippen LogP contribution in [0.25, 0.3) is 0 Å². The molecule has 1 unspecified atom stereocenters. The van der Waals surface area contributed by atoms with Crippen molar-refractivity contribution in [2.75, 3.05) is 0 Å². The van der Waals surface area contributed by atoms with Gasteiger partial charge in [0, 0.05) is 19.0 Å². The van der Waals surface area contributed by atoms with Gasteiger partial charge < -0.3 is 0 Å². The number of halogens is 1. The number of unbranched alkanes of at least 4 members (excludes halogenated alkanes) is 2. The number of nitrogens with two attached hydrogens (primary N) is 1. The number of aromatic nitrogens is 2. The molecule has 0 saturated heterocycles. The fourth-order valence-electron chi connectivity index (χ4n) is 2.18. The number of hydrogen-bond donors (Lipinski definition) is 2. The van der Waals surface area contributed by atoms with Crippen molar-refractivity contribution in [1.82, 2.24) is 15.2 Å². The Morgan fingerprint density at radius 1 is 1.39 bits per heavy atom. The Kier molecular flexibility index (Phi) is 6.89. The molecule has 1 rings (SSSR count). The first-order valence-electron chi connectivity index (χ1n) is 6.81. The number of hydrazine groups is 1. The SMILES string of the molecule is CCCCCC(Cc1c(Br)c(C)nn1CC)NN. The first-order chi connectivity index (χ1) is 8.63. The fraction of sp³-hybridized carbons (Fsp3) is 0.769. The Hall–Kier alpha value is -0.390. The summed E-state index contributed by atoms with van der Waals surface area (Å²) >= 11 is 3.63. The first kappa shape index (κ1) is 15.7. The molecule has 4 nitrogen and oxygen atoms in total. The van der Waals surface area contributed by atoms with E-state index in [1.165, 1.54) is 25.0 Å². The van der Waals surface area contributed by atoms with Gasteiger partial charge in [-0.15, -0.1) is 0 Å². The highest BCUT2D eigenvalue weighted by Gasteiger charge is 2.16. The lowest BCUT2D eigenvalue weighted by molar-refractivity contribution is 0.451. The van der Waals surface area contributed by atoms with Crippen molar-refractivity contribution < 1.29 is 0 Å². The zero-order chi connectivity index (χ0) is 13.5. The highest BCUT2D eigenvalue weighted by atomic mass is 79.9. The van der Waals surface area contributed by atoms with E-state index in [2.05, 4.69) is 45.0 Å². The van der Waals surface area contributed by atoms with Gasteiger partial charge in [-0.3, -0.25) is 16.0 Å². The maximum atomic E-state index is 5.66. The van der Waals surface area contributed by atoms with Crippen LogP contribution in [0.1, 0.15) is 50.9 Å². The van der Waals surface area contributed by atoms with Gasteiger partial charge >= 0.3 is 0 Å². The molecule has 0 bridgehead atoms. The van der Waals surface area contributed by atoms with Crippen molar-refractivity contribution in [3.8, 4) is 0 Å². The lowest BCUT2D eigenvalue weighted by Gasteiger charge is -2.16. The zero-order valence-corrected chi connectivity index (χ0v) is 13.3. The number of rotatable bonds is 8. The van der Waals surface area contributed by atoms with Crippen molar-refractivity contribution in [2.24, 2.45) is 5.84 Å². The summed E-state index contributed by atoms with van der Waals surface area (Å²) in [5, 5.41) is 4.51. The van der Waals surface area contributed by atoms with Gasteiger partial charge in [0.2, 0.25) is 0 Å². The van der Waals surface area contributed by atoms with Gasteiger partial charge in [-0.2, -0.15) is 5.10 Å². The van der Waals surface area contributed by atoms with Crippen molar-refractivity contribution in [1.29, 1.82) is 0 Å². The Labute approximate surface area is 118 Å². The summed E-state index contributed by atoms with van der Waals surface area (Å²) in [7, 11) is 0. The summed E-state index contributed by atoms with van der Waals surface area (Å²) in [4.78, 5) is 0. The molecule has 0 spiro atoms. The average Bonchev–Trinajstić information content (AvgIpc) is 2.65. The zero-order valence-electron chi connectivity index (χ0n) is 11.7. The minimum atomic E-state index is 0.328. The Bertz CT molecular complexity index is 362. The second kappa shape index (κ2) is 7.92. The van der Waals surface area contributed by atoms with Crippen molar-refractivity contribution in [3.05, 3.63) is 15.9 Å². The summed E-state index contributed by atoms with van der Waals surface area (Å²) in [5.74, 6) is 5.66. The largest absolute Gasteiger partial charge is 0.271 e. The predicted molar refractivity (Wildman–Crippen MR) is 79.3 cm³/mol. The topological polar surface area (TPSA) is 55.9 Å². The third-order valence-electron chi connectivity index (χ3n) is 3.28. The second-order valence-corrected chi connectivity index (χ2v) is 5.52. The normalized spacial score (nSPS) is 12.9. The third-order valence-corrected chi connectivity index (χ3v) is 4.32. The summed E-state index contributed by atoms with van der Waals surface area (Å²) in [6.07, 6.45) is 5.78. The van der Waals surface area contributed by atoms with E-state index in [9.17, 15) is 0 Å². The first-order valence-corrected chi connectivity index (χ1v) is 7.61. The van der Waals surface area contributed by atoms with Gasteiger partial charge in [-0.05, 0) is 36.2 Å². The van der Waals surface area contributed by atoms with Crippen LogP contribution in [0.4, 0.5) is 0 Å². The molecular formula is C13H25BrN4. The van der Waals surface area contributed by atoms with Crippen LogP contribution in [-0.2, 0) is 13.0 Å². The Morgan fingerprint density at radius 3 is 2.67 bits per heavy atom. The highest BCUT2D eigenvalue weighted by molar-refractivity contribution is 9.10. The summed E-state index contributed by atoms with van der Waals surface area (Å²) in [6.45, 7) is 7.26. The van der Waals surface area contributed by atoms with Crippen LogP contribution in [0.15, 0.2) is 4.47 Å². The van der Waals surface area contributed by atoms with Crippen molar-refractivity contribution in [2.45, 2.75) is 65.5 Å². The predicted octanol–water partition coefficient (Wildman–Crippen LogP) is 2.93. The average molecular weight is 317 g/mol.